The Hall–Kier alpha value is -1.96. The van der Waals surface area contributed by atoms with Crippen molar-refractivity contribution in [2.24, 2.45) is 10.9 Å². The van der Waals surface area contributed by atoms with E-state index in [0.717, 1.165) is 5.56 Å². The molecule has 2 rings (SSSR count). The second-order valence-electron chi connectivity index (χ2n) is 7.75. The van der Waals surface area contributed by atoms with Crippen molar-refractivity contribution in [3.05, 3.63) is 51.6 Å². The van der Waals surface area contributed by atoms with Crippen molar-refractivity contribution in [3.63, 3.8) is 0 Å². The van der Waals surface area contributed by atoms with Crippen molar-refractivity contribution in [1.82, 2.24) is 3.96 Å². The highest BCUT2D eigenvalue weighted by atomic mass is 32.1. The first-order valence-corrected chi connectivity index (χ1v) is 9.24. The molecule has 0 unspecified atom stereocenters. The first-order valence-electron chi connectivity index (χ1n) is 8.47. The zero-order chi connectivity index (χ0) is 20.6. The average Bonchev–Trinajstić information content (AvgIpc) is 2.88. The largest absolute Gasteiger partial charge is 0.416 e. The molecule has 0 fully saturated rings. The van der Waals surface area contributed by atoms with Gasteiger partial charge in [-0.3, -0.25) is 8.75 Å². The molecule has 1 heterocycles. The van der Waals surface area contributed by atoms with E-state index >= 15 is 0 Å². The number of hydrogen-bond acceptors (Lipinski definition) is 2. The molecule has 27 heavy (non-hydrogen) atoms. The number of benzene rings is 1. The van der Waals surface area contributed by atoms with Crippen LogP contribution in [0.1, 0.15) is 56.1 Å². The number of carbonyl (C=O) groups is 1. The summed E-state index contributed by atoms with van der Waals surface area (Å²) < 4.78 is 54.9. The molecule has 0 spiro atoms. The molecule has 0 aliphatic rings. The fraction of sp³-hybridized carbons (Fsp3) is 0.474. The maximum absolute atomic E-state index is 14.0. The number of nitrogens with zero attached hydrogens (tertiary/aromatic N) is 2. The smallest absolute Gasteiger partial charge is 0.298 e. The molecule has 0 saturated heterocycles. The summed E-state index contributed by atoms with van der Waals surface area (Å²) in [5.74, 6) is -1.75. The molecule has 148 valence electrons. The van der Waals surface area contributed by atoms with E-state index in [1.807, 2.05) is 44.8 Å². The molecule has 8 heteroatoms. The van der Waals surface area contributed by atoms with Crippen LogP contribution in [0.3, 0.4) is 0 Å². The van der Waals surface area contributed by atoms with E-state index in [4.69, 9.17) is 0 Å². The molecular formula is C19H22F4N2OS. The number of hydrogen-bond donors (Lipinski definition) is 0. The Morgan fingerprint density at radius 2 is 1.85 bits per heavy atom. The van der Waals surface area contributed by atoms with Crippen molar-refractivity contribution in [3.8, 4) is 0 Å². The SMILES string of the molecule is CC(C)Cc1cn(C(C)(C)C)s/c1=N\C(=O)c1cc(C(F)(F)F)ccc1F. The van der Waals surface area contributed by atoms with E-state index in [1.54, 1.807) is 0 Å². The first kappa shape index (κ1) is 21.3. The molecular weight excluding hydrogens is 380 g/mol. The average molecular weight is 402 g/mol. The van der Waals surface area contributed by atoms with Gasteiger partial charge in [-0.25, -0.2) is 4.39 Å². The Morgan fingerprint density at radius 1 is 1.22 bits per heavy atom. The summed E-state index contributed by atoms with van der Waals surface area (Å²) in [5.41, 5.74) is -1.20. The lowest BCUT2D eigenvalue weighted by Gasteiger charge is -2.19. The molecule has 0 radical (unpaired) electrons. The third-order valence-corrected chi connectivity index (χ3v) is 5.13. The predicted octanol–water partition coefficient (Wildman–Crippen LogP) is 5.40. The quantitative estimate of drug-likeness (QED) is 0.633. The Bertz CT molecular complexity index is 902. The Kier molecular flexibility index (Phi) is 5.99. The van der Waals surface area contributed by atoms with Gasteiger partial charge < -0.3 is 0 Å². The minimum absolute atomic E-state index is 0.241. The van der Waals surface area contributed by atoms with Gasteiger partial charge in [-0.2, -0.15) is 18.2 Å². The number of amides is 1. The van der Waals surface area contributed by atoms with Crippen LogP contribution in [0.25, 0.3) is 0 Å². The van der Waals surface area contributed by atoms with Crippen molar-refractivity contribution in [2.45, 2.75) is 52.8 Å². The summed E-state index contributed by atoms with van der Waals surface area (Å²) in [7, 11) is 0. The molecule has 0 aliphatic heterocycles. The lowest BCUT2D eigenvalue weighted by Crippen LogP contribution is -2.18. The third kappa shape index (κ3) is 5.28. The van der Waals surface area contributed by atoms with Crippen LogP contribution in [-0.4, -0.2) is 9.86 Å². The summed E-state index contributed by atoms with van der Waals surface area (Å²) in [6.07, 6.45) is -2.13. The van der Waals surface area contributed by atoms with Gasteiger partial charge in [-0.05, 0) is 62.8 Å². The summed E-state index contributed by atoms with van der Waals surface area (Å²) in [4.78, 5) is 16.4. The van der Waals surface area contributed by atoms with Crippen LogP contribution in [-0.2, 0) is 18.1 Å². The van der Waals surface area contributed by atoms with E-state index in [1.165, 1.54) is 11.5 Å². The molecule has 0 bridgehead atoms. The first-order chi connectivity index (χ1) is 12.3. The maximum Gasteiger partial charge on any atom is 0.416 e. The fourth-order valence-corrected chi connectivity index (χ4v) is 3.41. The second-order valence-corrected chi connectivity index (χ2v) is 8.72. The molecule has 0 saturated carbocycles. The highest BCUT2D eigenvalue weighted by molar-refractivity contribution is 7.04. The van der Waals surface area contributed by atoms with Gasteiger partial charge in [-0.15, -0.1) is 0 Å². The third-order valence-electron chi connectivity index (χ3n) is 3.75. The van der Waals surface area contributed by atoms with Crippen LogP contribution in [0.15, 0.2) is 29.4 Å². The van der Waals surface area contributed by atoms with Crippen LogP contribution < -0.4 is 4.67 Å². The second kappa shape index (κ2) is 7.58. The van der Waals surface area contributed by atoms with E-state index in [9.17, 15) is 22.4 Å². The monoisotopic (exact) mass is 402 g/mol. The normalized spacial score (nSPS) is 13.5. The molecule has 1 aromatic carbocycles. The van der Waals surface area contributed by atoms with E-state index in [-0.39, 0.29) is 5.54 Å². The summed E-state index contributed by atoms with van der Waals surface area (Å²) >= 11 is 1.23. The van der Waals surface area contributed by atoms with Gasteiger partial charge in [-0.1, -0.05) is 13.8 Å². The zero-order valence-electron chi connectivity index (χ0n) is 15.8. The van der Waals surface area contributed by atoms with Crippen molar-refractivity contribution >= 4 is 17.4 Å². The standard InChI is InChI=1S/C19H22F4N2OS/c1-11(2)8-12-10-25(18(3,4)5)27-17(12)24-16(26)14-9-13(19(21,22)23)6-7-15(14)20/h6-7,9-11H,8H2,1-5H3/b24-17-. The highest BCUT2D eigenvalue weighted by Crippen LogP contribution is 2.30. The number of alkyl halides is 3. The fourth-order valence-electron chi connectivity index (χ4n) is 2.40. The highest BCUT2D eigenvalue weighted by Gasteiger charge is 2.32. The van der Waals surface area contributed by atoms with Gasteiger partial charge in [0, 0.05) is 17.3 Å². The lowest BCUT2D eigenvalue weighted by atomic mass is 10.1. The van der Waals surface area contributed by atoms with E-state index in [2.05, 4.69) is 4.99 Å². The molecule has 2 aromatic rings. The minimum Gasteiger partial charge on any atom is -0.298 e. The Morgan fingerprint density at radius 3 is 2.37 bits per heavy atom. The van der Waals surface area contributed by atoms with Gasteiger partial charge >= 0.3 is 6.18 Å². The van der Waals surface area contributed by atoms with Crippen molar-refractivity contribution in [1.29, 1.82) is 0 Å². The molecule has 0 atom stereocenters. The predicted molar refractivity (Wildman–Crippen MR) is 97.1 cm³/mol. The molecule has 0 N–H and O–H groups in total. The minimum atomic E-state index is -4.66. The number of halogens is 4. The van der Waals surface area contributed by atoms with Gasteiger partial charge in [0.25, 0.3) is 5.91 Å². The van der Waals surface area contributed by atoms with Crippen molar-refractivity contribution in [2.75, 3.05) is 0 Å². The summed E-state index contributed by atoms with van der Waals surface area (Å²) in [5, 5.41) is 0. The van der Waals surface area contributed by atoms with Crippen LogP contribution in [0.2, 0.25) is 0 Å². The topological polar surface area (TPSA) is 34.4 Å². The van der Waals surface area contributed by atoms with Crippen LogP contribution in [0.5, 0.6) is 0 Å². The van der Waals surface area contributed by atoms with Crippen LogP contribution >= 0.6 is 11.5 Å². The van der Waals surface area contributed by atoms with Crippen molar-refractivity contribution < 1.29 is 22.4 Å². The van der Waals surface area contributed by atoms with E-state index in [0.29, 0.717) is 35.2 Å². The van der Waals surface area contributed by atoms with Gasteiger partial charge in [0.15, 0.2) is 0 Å². The lowest BCUT2D eigenvalue weighted by molar-refractivity contribution is -0.137. The molecule has 1 amide bonds. The number of rotatable bonds is 3. The molecule has 1 aromatic heterocycles. The van der Waals surface area contributed by atoms with Crippen LogP contribution in [0.4, 0.5) is 17.6 Å². The zero-order valence-corrected chi connectivity index (χ0v) is 16.6. The number of aromatic nitrogens is 1. The maximum atomic E-state index is 14.0. The Balaban J connectivity index is 2.55. The van der Waals surface area contributed by atoms with E-state index < -0.39 is 29.0 Å². The summed E-state index contributed by atoms with van der Waals surface area (Å²) in [6, 6.07) is 1.76. The molecule has 3 nitrogen and oxygen atoms in total. The van der Waals surface area contributed by atoms with Crippen LogP contribution in [0, 0.1) is 11.7 Å². The summed E-state index contributed by atoms with van der Waals surface area (Å²) in [6.45, 7) is 9.98. The molecule has 0 aliphatic carbocycles. The number of carbonyl (C=O) groups excluding carboxylic acids is 1. The van der Waals surface area contributed by atoms with Gasteiger partial charge in [0.1, 0.15) is 10.5 Å². The van der Waals surface area contributed by atoms with Gasteiger partial charge in [0.05, 0.1) is 11.1 Å². The van der Waals surface area contributed by atoms with Gasteiger partial charge in [0.2, 0.25) is 0 Å². The Labute approximate surface area is 159 Å².